The van der Waals surface area contributed by atoms with Crippen LogP contribution >= 0.6 is 0 Å². The highest BCUT2D eigenvalue weighted by molar-refractivity contribution is 6.30. The fourth-order valence-corrected chi connectivity index (χ4v) is 6.59. The fraction of sp³-hybridized carbons (Fsp3) is 0.950. The largest absolute Gasteiger partial charge is 0.525 e. The van der Waals surface area contributed by atoms with Gasteiger partial charge in [-0.05, 0) is 30.2 Å². The van der Waals surface area contributed by atoms with Crippen LogP contribution in [0.25, 0.3) is 0 Å². The van der Waals surface area contributed by atoms with Crippen molar-refractivity contribution in [1.29, 1.82) is 0 Å². The molecule has 0 N–H and O–H groups in total. The second-order valence-corrected chi connectivity index (χ2v) is 9.20. The van der Waals surface area contributed by atoms with Crippen LogP contribution in [0.1, 0.15) is 96.8 Å². The lowest BCUT2D eigenvalue weighted by atomic mass is 9.70. The molecule has 0 heterocycles. The molecule has 0 unspecified atom stereocenters. The lowest BCUT2D eigenvalue weighted by molar-refractivity contribution is -0.134. The van der Waals surface area contributed by atoms with Gasteiger partial charge in [0, 0.05) is 6.42 Å². The first-order valence-electron chi connectivity index (χ1n) is 10.5. The Labute approximate surface area is 146 Å². The minimum atomic E-state index is -0.657. The van der Waals surface area contributed by atoms with Crippen LogP contribution in [0, 0.1) is 17.8 Å². The minimum Gasteiger partial charge on any atom is -0.525 e. The summed E-state index contributed by atoms with van der Waals surface area (Å²) in [6.07, 6.45) is 18.4. The topological polar surface area (TPSA) is 26.3 Å². The standard InChI is InChI=1S/C20H38O2Si/c1-2-3-6-15-20(21)22-23-16-19(17-11-7-4-8-12-17)18-13-9-5-10-14-18/h17-19H,2-16,23H2,1H3. The van der Waals surface area contributed by atoms with Crippen molar-refractivity contribution in [2.45, 2.75) is 103 Å². The summed E-state index contributed by atoms with van der Waals surface area (Å²) in [5.74, 6) is 2.86. The van der Waals surface area contributed by atoms with E-state index in [4.69, 9.17) is 4.43 Å². The first-order chi connectivity index (χ1) is 11.3. The Morgan fingerprint density at radius 1 is 0.957 bits per heavy atom. The first kappa shape index (κ1) is 19.0. The maximum atomic E-state index is 11.9. The van der Waals surface area contributed by atoms with E-state index in [-0.39, 0.29) is 5.97 Å². The zero-order valence-corrected chi connectivity index (χ0v) is 16.8. The predicted octanol–water partition coefficient (Wildman–Crippen LogP) is 5.39. The van der Waals surface area contributed by atoms with E-state index in [9.17, 15) is 4.79 Å². The Bertz CT molecular complexity index is 302. The summed E-state index contributed by atoms with van der Waals surface area (Å²) >= 11 is 0. The highest BCUT2D eigenvalue weighted by atomic mass is 28.2. The van der Waals surface area contributed by atoms with Gasteiger partial charge in [-0.3, -0.25) is 4.79 Å². The van der Waals surface area contributed by atoms with Crippen LogP contribution in [0.4, 0.5) is 0 Å². The number of carbonyl (C=O) groups excluding carboxylic acids is 1. The van der Waals surface area contributed by atoms with E-state index in [1.165, 1.54) is 76.7 Å². The number of hydrogen-bond acceptors (Lipinski definition) is 2. The Kier molecular flexibility index (Phi) is 9.32. The van der Waals surface area contributed by atoms with Crippen molar-refractivity contribution in [2.75, 3.05) is 0 Å². The molecule has 0 radical (unpaired) electrons. The van der Waals surface area contributed by atoms with Crippen molar-refractivity contribution in [3.63, 3.8) is 0 Å². The summed E-state index contributed by atoms with van der Waals surface area (Å²) in [6, 6.07) is 1.26. The molecule has 0 aromatic carbocycles. The van der Waals surface area contributed by atoms with Crippen LogP contribution in [0.2, 0.25) is 6.04 Å². The average Bonchev–Trinajstić information content (AvgIpc) is 2.60. The molecule has 2 rings (SSSR count). The second kappa shape index (κ2) is 11.3. The minimum absolute atomic E-state index is 0.0937. The molecule has 2 aliphatic rings. The van der Waals surface area contributed by atoms with Crippen LogP contribution in [0.3, 0.4) is 0 Å². The van der Waals surface area contributed by atoms with E-state index in [1.807, 2.05) is 0 Å². The van der Waals surface area contributed by atoms with Gasteiger partial charge in [0.1, 0.15) is 0 Å². The van der Waals surface area contributed by atoms with Gasteiger partial charge in [0.2, 0.25) is 9.76 Å². The number of unbranched alkanes of at least 4 members (excludes halogenated alkanes) is 2. The van der Waals surface area contributed by atoms with Crippen LogP contribution in [-0.4, -0.2) is 15.7 Å². The molecular formula is C20H38O2Si. The monoisotopic (exact) mass is 338 g/mol. The second-order valence-electron chi connectivity index (χ2n) is 7.93. The van der Waals surface area contributed by atoms with Gasteiger partial charge < -0.3 is 4.43 Å². The van der Waals surface area contributed by atoms with E-state index >= 15 is 0 Å². The van der Waals surface area contributed by atoms with Gasteiger partial charge in [0.25, 0.3) is 5.97 Å². The molecule has 0 aliphatic heterocycles. The Hall–Kier alpha value is -0.313. The summed E-state index contributed by atoms with van der Waals surface area (Å²) in [6.45, 7) is 2.18. The third kappa shape index (κ3) is 6.99. The first-order valence-corrected chi connectivity index (χ1v) is 12.0. The molecule has 0 atom stereocenters. The SMILES string of the molecule is CCCCCC(=O)O[SiH2]CC(C1CCCCC1)C1CCCCC1. The summed E-state index contributed by atoms with van der Waals surface area (Å²) in [5.41, 5.74) is 0. The van der Waals surface area contributed by atoms with Crippen molar-refractivity contribution in [1.82, 2.24) is 0 Å². The van der Waals surface area contributed by atoms with E-state index in [2.05, 4.69) is 6.92 Å². The van der Waals surface area contributed by atoms with Gasteiger partial charge in [0.15, 0.2) is 0 Å². The van der Waals surface area contributed by atoms with Gasteiger partial charge in [-0.1, -0.05) is 84.0 Å². The van der Waals surface area contributed by atoms with Crippen molar-refractivity contribution < 1.29 is 9.22 Å². The molecule has 3 heteroatoms. The summed E-state index contributed by atoms with van der Waals surface area (Å²) in [5, 5.41) is 0. The number of rotatable bonds is 9. The van der Waals surface area contributed by atoms with Crippen molar-refractivity contribution in [2.24, 2.45) is 17.8 Å². The molecule has 2 nitrogen and oxygen atoms in total. The lowest BCUT2D eigenvalue weighted by Crippen LogP contribution is -2.29. The Balaban J connectivity index is 1.76. The normalized spacial score (nSPS) is 21.3. The molecule has 23 heavy (non-hydrogen) atoms. The molecule has 0 aromatic heterocycles. The molecule has 2 aliphatic carbocycles. The zero-order valence-electron chi connectivity index (χ0n) is 15.4. The van der Waals surface area contributed by atoms with Gasteiger partial charge in [-0.25, -0.2) is 0 Å². The van der Waals surface area contributed by atoms with Gasteiger partial charge in [-0.15, -0.1) is 0 Å². The van der Waals surface area contributed by atoms with Crippen LogP contribution in [0.15, 0.2) is 0 Å². The summed E-state index contributed by atoms with van der Waals surface area (Å²) < 4.78 is 5.70. The number of hydrogen-bond donors (Lipinski definition) is 0. The molecular weight excluding hydrogens is 300 g/mol. The lowest BCUT2D eigenvalue weighted by Gasteiger charge is -2.37. The van der Waals surface area contributed by atoms with E-state index in [0.29, 0.717) is 6.42 Å². The predicted molar refractivity (Wildman–Crippen MR) is 100 cm³/mol. The molecule has 0 amide bonds. The van der Waals surface area contributed by atoms with Gasteiger partial charge in [-0.2, -0.15) is 0 Å². The smallest absolute Gasteiger partial charge is 0.292 e. The molecule has 2 saturated carbocycles. The Morgan fingerprint density at radius 3 is 2.04 bits per heavy atom. The zero-order chi connectivity index (χ0) is 16.3. The molecule has 2 fully saturated rings. The third-order valence-electron chi connectivity index (χ3n) is 6.21. The summed E-state index contributed by atoms with van der Waals surface area (Å²) in [4.78, 5) is 11.9. The van der Waals surface area contributed by atoms with E-state index < -0.39 is 9.76 Å². The summed E-state index contributed by atoms with van der Waals surface area (Å²) in [7, 11) is -0.657. The molecule has 134 valence electrons. The average molecular weight is 339 g/mol. The van der Waals surface area contributed by atoms with Gasteiger partial charge in [0.05, 0.1) is 0 Å². The molecule has 0 spiro atoms. The maximum absolute atomic E-state index is 11.9. The third-order valence-corrected chi connectivity index (χ3v) is 7.64. The number of carbonyl (C=O) groups is 1. The fourth-order valence-electron chi connectivity index (χ4n) is 4.88. The van der Waals surface area contributed by atoms with Crippen LogP contribution < -0.4 is 0 Å². The van der Waals surface area contributed by atoms with Crippen molar-refractivity contribution in [3.8, 4) is 0 Å². The molecule has 0 aromatic rings. The molecule has 0 saturated heterocycles. The quantitative estimate of drug-likeness (QED) is 0.416. The van der Waals surface area contributed by atoms with Crippen LogP contribution in [0.5, 0.6) is 0 Å². The van der Waals surface area contributed by atoms with E-state index in [0.717, 1.165) is 30.6 Å². The molecule has 0 bridgehead atoms. The van der Waals surface area contributed by atoms with Crippen molar-refractivity contribution in [3.05, 3.63) is 0 Å². The van der Waals surface area contributed by atoms with Gasteiger partial charge >= 0.3 is 0 Å². The van der Waals surface area contributed by atoms with E-state index in [1.54, 1.807) is 0 Å². The highest BCUT2D eigenvalue weighted by Crippen LogP contribution is 2.41. The van der Waals surface area contributed by atoms with Crippen molar-refractivity contribution >= 4 is 15.7 Å². The Morgan fingerprint density at radius 2 is 1.52 bits per heavy atom. The highest BCUT2D eigenvalue weighted by Gasteiger charge is 2.31. The maximum Gasteiger partial charge on any atom is 0.292 e. The van der Waals surface area contributed by atoms with Crippen LogP contribution in [-0.2, 0) is 9.22 Å².